The standard InChI is InChI=1S/C16H22O3/c1-3-12-7-6-10-15(16(12)11(2)17)19-14-9-5-4-8-13(14)18/h6-7,10,13-14,18H,3-5,8-9H2,1-2H3/t13-,14?/m0/s1. The van der Waals surface area contributed by atoms with Crippen molar-refractivity contribution in [3.8, 4) is 5.75 Å². The number of hydrogen-bond donors (Lipinski definition) is 1. The molecule has 0 bridgehead atoms. The van der Waals surface area contributed by atoms with Crippen molar-refractivity contribution in [2.75, 3.05) is 0 Å². The van der Waals surface area contributed by atoms with Crippen molar-refractivity contribution in [3.63, 3.8) is 0 Å². The summed E-state index contributed by atoms with van der Waals surface area (Å²) in [7, 11) is 0. The van der Waals surface area contributed by atoms with Crippen LogP contribution in [-0.4, -0.2) is 23.1 Å². The molecule has 0 amide bonds. The number of aryl methyl sites for hydroxylation is 1. The third-order valence-electron chi connectivity index (χ3n) is 3.79. The van der Waals surface area contributed by atoms with E-state index >= 15 is 0 Å². The van der Waals surface area contributed by atoms with E-state index < -0.39 is 6.10 Å². The summed E-state index contributed by atoms with van der Waals surface area (Å²) in [6, 6.07) is 5.70. The SMILES string of the molecule is CCc1cccc(OC2CCCC[C@@H]2O)c1C(C)=O. The molecule has 0 radical (unpaired) electrons. The van der Waals surface area contributed by atoms with E-state index in [1.165, 1.54) is 0 Å². The molecule has 0 aromatic heterocycles. The number of ether oxygens (including phenoxy) is 1. The zero-order valence-corrected chi connectivity index (χ0v) is 11.7. The Kier molecular flexibility index (Phi) is 4.59. The molecule has 0 heterocycles. The van der Waals surface area contributed by atoms with Gasteiger partial charge in [-0.1, -0.05) is 25.5 Å². The van der Waals surface area contributed by atoms with E-state index in [4.69, 9.17) is 4.74 Å². The zero-order chi connectivity index (χ0) is 13.8. The number of carbonyl (C=O) groups excluding carboxylic acids is 1. The normalized spacial score (nSPS) is 23.1. The second-order valence-corrected chi connectivity index (χ2v) is 5.21. The van der Waals surface area contributed by atoms with Gasteiger partial charge >= 0.3 is 0 Å². The third kappa shape index (κ3) is 3.16. The first kappa shape index (κ1) is 14.1. The highest BCUT2D eigenvalue weighted by atomic mass is 16.5. The van der Waals surface area contributed by atoms with E-state index in [0.717, 1.165) is 37.7 Å². The van der Waals surface area contributed by atoms with Crippen molar-refractivity contribution in [2.24, 2.45) is 0 Å². The smallest absolute Gasteiger partial charge is 0.163 e. The second-order valence-electron chi connectivity index (χ2n) is 5.21. The molecule has 1 fully saturated rings. The van der Waals surface area contributed by atoms with Gasteiger partial charge in [0.2, 0.25) is 0 Å². The maximum Gasteiger partial charge on any atom is 0.163 e. The predicted octanol–water partition coefficient (Wildman–Crippen LogP) is 3.13. The van der Waals surface area contributed by atoms with Gasteiger partial charge in [0.25, 0.3) is 0 Å². The van der Waals surface area contributed by atoms with Gasteiger partial charge < -0.3 is 9.84 Å². The Balaban J connectivity index is 2.26. The van der Waals surface area contributed by atoms with Crippen molar-refractivity contribution in [2.45, 2.75) is 58.2 Å². The summed E-state index contributed by atoms with van der Waals surface area (Å²) < 4.78 is 5.93. The van der Waals surface area contributed by atoms with Gasteiger partial charge in [0.1, 0.15) is 11.9 Å². The highest BCUT2D eigenvalue weighted by Crippen LogP contribution is 2.28. The molecule has 1 N–H and O–H groups in total. The number of Topliss-reactive ketones (excluding diaryl/α,β-unsaturated/α-hetero) is 1. The van der Waals surface area contributed by atoms with E-state index in [1.807, 2.05) is 25.1 Å². The molecule has 1 aliphatic rings. The molecule has 0 saturated heterocycles. The van der Waals surface area contributed by atoms with E-state index in [0.29, 0.717) is 11.3 Å². The molecule has 1 aliphatic carbocycles. The van der Waals surface area contributed by atoms with Gasteiger partial charge in [0, 0.05) is 0 Å². The summed E-state index contributed by atoms with van der Waals surface area (Å²) >= 11 is 0. The molecule has 0 spiro atoms. The van der Waals surface area contributed by atoms with Crippen LogP contribution in [0.4, 0.5) is 0 Å². The number of rotatable bonds is 4. The van der Waals surface area contributed by atoms with Crippen LogP contribution in [0.2, 0.25) is 0 Å². The van der Waals surface area contributed by atoms with Crippen molar-refractivity contribution in [1.29, 1.82) is 0 Å². The van der Waals surface area contributed by atoms with Gasteiger partial charge in [-0.3, -0.25) is 4.79 Å². The maximum atomic E-state index is 11.8. The van der Waals surface area contributed by atoms with Crippen molar-refractivity contribution in [1.82, 2.24) is 0 Å². The fourth-order valence-electron chi connectivity index (χ4n) is 2.75. The molecule has 1 aromatic rings. The van der Waals surface area contributed by atoms with Crippen LogP contribution in [0.1, 0.15) is 55.5 Å². The first-order chi connectivity index (χ1) is 9.13. The molecule has 1 saturated carbocycles. The quantitative estimate of drug-likeness (QED) is 0.848. The third-order valence-corrected chi connectivity index (χ3v) is 3.79. The molecule has 2 atom stereocenters. The van der Waals surface area contributed by atoms with Crippen LogP contribution in [0.3, 0.4) is 0 Å². The van der Waals surface area contributed by atoms with E-state index in [9.17, 15) is 9.90 Å². The lowest BCUT2D eigenvalue weighted by atomic mass is 9.94. The van der Waals surface area contributed by atoms with Crippen LogP contribution in [0, 0.1) is 0 Å². The van der Waals surface area contributed by atoms with Crippen LogP contribution in [0.5, 0.6) is 5.75 Å². The Morgan fingerprint density at radius 2 is 2.11 bits per heavy atom. The Bertz CT molecular complexity index is 453. The lowest BCUT2D eigenvalue weighted by molar-refractivity contribution is 0.00644. The van der Waals surface area contributed by atoms with Crippen LogP contribution in [0.15, 0.2) is 18.2 Å². The van der Waals surface area contributed by atoms with Crippen molar-refractivity contribution >= 4 is 5.78 Å². The van der Waals surface area contributed by atoms with E-state index in [2.05, 4.69) is 0 Å². The van der Waals surface area contributed by atoms with Crippen LogP contribution in [0.25, 0.3) is 0 Å². The highest BCUT2D eigenvalue weighted by molar-refractivity contribution is 5.98. The summed E-state index contributed by atoms with van der Waals surface area (Å²) in [6.45, 7) is 3.60. The molecule has 1 aromatic carbocycles. The zero-order valence-electron chi connectivity index (χ0n) is 11.7. The topological polar surface area (TPSA) is 46.5 Å². The van der Waals surface area contributed by atoms with Crippen molar-refractivity contribution < 1.29 is 14.6 Å². The molecular formula is C16H22O3. The number of carbonyl (C=O) groups is 1. The largest absolute Gasteiger partial charge is 0.487 e. The molecule has 0 aliphatic heterocycles. The van der Waals surface area contributed by atoms with Gasteiger partial charge in [0.15, 0.2) is 5.78 Å². The Hall–Kier alpha value is -1.35. The monoisotopic (exact) mass is 262 g/mol. The summed E-state index contributed by atoms with van der Waals surface area (Å²) in [4.78, 5) is 11.8. The van der Waals surface area contributed by atoms with Gasteiger partial charge in [0.05, 0.1) is 11.7 Å². The first-order valence-electron chi connectivity index (χ1n) is 7.11. The lowest BCUT2D eigenvalue weighted by Crippen LogP contribution is -2.35. The summed E-state index contributed by atoms with van der Waals surface area (Å²) in [5, 5.41) is 9.98. The summed E-state index contributed by atoms with van der Waals surface area (Å²) in [5.74, 6) is 0.649. The summed E-state index contributed by atoms with van der Waals surface area (Å²) in [5.41, 5.74) is 1.68. The minimum absolute atomic E-state index is 0.0257. The van der Waals surface area contributed by atoms with Crippen LogP contribution >= 0.6 is 0 Å². The second kappa shape index (κ2) is 6.20. The molecule has 1 unspecified atom stereocenters. The van der Waals surface area contributed by atoms with Crippen molar-refractivity contribution in [3.05, 3.63) is 29.3 Å². The Morgan fingerprint density at radius 3 is 2.74 bits per heavy atom. The number of hydrogen-bond acceptors (Lipinski definition) is 3. The molecule has 104 valence electrons. The van der Waals surface area contributed by atoms with Crippen LogP contribution < -0.4 is 4.74 Å². The minimum Gasteiger partial charge on any atom is -0.487 e. The molecular weight excluding hydrogens is 240 g/mol. The number of benzene rings is 1. The van der Waals surface area contributed by atoms with Gasteiger partial charge in [-0.2, -0.15) is 0 Å². The average Bonchev–Trinajstić information content (AvgIpc) is 2.40. The molecule has 3 heteroatoms. The predicted molar refractivity (Wildman–Crippen MR) is 74.7 cm³/mol. The molecule has 2 rings (SSSR count). The van der Waals surface area contributed by atoms with Gasteiger partial charge in [-0.15, -0.1) is 0 Å². The lowest BCUT2D eigenvalue weighted by Gasteiger charge is -2.29. The summed E-state index contributed by atoms with van der Waals surface area (Å²) in [6.07, 6.45) is 3.97. The number of ketones is 1. The average molecular weight is 262 g/mol. The van der Waals surface area contributed by atoms with Gasteiger partial charge in [-0.25, -0.2) is 0 Å². The Labute approximate surface area is 114 Å². The molecule has 3 nitrogen and oxygen atoms in total. The first-order valence-corrected chi connectivity index (χ1v) is 7.11. The highest BCUT2D eigenvalue weighted by Gasteiger charge is 2.26. The minimum atomic E-state index is -0.418. The number of aliphatic hydroxyl groups excluding tert-OH is 1. The maximum absolute atomic E-state index is 11.8. The van der Waals surface area contributed by atoms with E-state index in [1.54, 1.807) is 6.92 Å². The number of aliphatic hydroxyl groups is 1. The van der Waals surface area contributed by atoms with Gasteiger partial charge in [-0.05, 0) is 44.2 Å². The van der Waals surface area contributed by atoms with E-state index in [-0.39, 0.29) is 11.9 Å². The Morgan fingerprint density at radius 1 is 1.37 bits per heavy atom. The van der Waals surface area contributed by atoms with Crippen LogP contribution in [-0.2, 0) is 6.42 Å². The fraction of sp³-hybridized carbons (Fsp3) is 0.562. The fourth-order valence-corrected chi connectivity index (χ4v) is 2.75. The molecule has 19 heavy (non-hydrogen) atoms.